The number of nitrogens with zero attached hydrogens (tertiary/aromatic N) is 1. The van der Waals surface area contributed by atoms with Crippen LogP contribution in [0.5, 0.6) is 0 Å². The van der Waals surface area contributed by atoms with Crippen LogP contribution in [-0.4, -0.2) is 4.57 Å². The Balaban J connectivity index is 1.97. The number of halogens is 1. The molecule has 5 aromatic rings. The van der Waals surface area contributed by atoms with Crippen LogP contribution in [0.25, 0.3) is 39.0 Å². The normalized spacial score (nSPS) is 11.1. The molecule has 0 spiro atoms. The van der Waals surface area contributed by atoms with Crippen molar-refractivity contribution >= 4 is 33.4 Å². The number of rotatable bonds is 3. The third-order valence-corrected chi connectivity index (χ3v) is 6.35. The van der Waals surface area contributed by atoms with Crippen molar-refractivity contribution in [2.75, 3.05) is 0 Å². The molecule has 0 amide bonds. The molecule has 0 bridgehead atoms. The van der Waals surface area contributed by atoms with E-state index in [1.807, 2.05) is 73.7 Å². The van der Waals surface area contributed by atoms with Crippen molar-refractivity contribution in [1.29, 1.82) is 0 Å². The van der Waals surface area contributed by atoms with Crippen molar-refractivity contribution in [3.8, 4) is 28.3 Å². The van der Waals surface area contributed by atoms with E-state index in [0.717, 1.165) is 37.2 Å². The smallest absolute Gasteiger partial charge is 0.346 e. The first-order chi connectivity index (χ1) is 14.7. The van der Waals surface area contributed by atoms with E-state index in [9.17, 15) is 4.79 Å². The maximum atomic E-state index is 13.2. The molecule has 5 rings (SSSR count). The Kier molecular flexibility index (Phi) is 4.79. The summed E-state index contributed by atoms with van der Waals surface area (Å²) in [5.74, 6) is 0.607. The van der Waals surface area contributed by atoms with E-state index in [0.29, 0.717) is 11.1 Å². The first-order valence-electron chi connectivity index (χ1n) is 9.70. The third-order valence-electron chi connectivity index (χ3n) is 5.32. The second-order valence-corrected chi connectivity index (χ2v) is 8.20. The van der Waals surface area contributed by atoms with Crippen LogP contribution in [0.2, 0.25) is 0 Å². The molecular weight excluding hydrogens is 485 g/mol. The van der Waals surface area contributed by atoms with E-state index < -0.39 is 0 Å². The number of hydrogen-bond acceptors (Lipinski definition) is 2. The van der Waals surface area contributed by atoms with Crippen molar-refractivity contribution in [2.45, 2.75) is 6.92 Å². The molecular formula is C26H18INO2. The highest BCUT2D eigenvalue weighted by Crippen LogP contribution is 2.40. The standard InChI is InChI=1S/C26H18INO2/c1-17-21-22(23(27)25(30-26(21)29)19-13-7-3-8-14-19)24(18-11-5-2-6-12-18)28(17)20-15-9-4-10-16-20/h2-16H,1H3. The fourth-order valence-corrected chi connectivity index (χ4v) is 4.95. The van der Waals surface area contributed by atoms with E-state index in [1.54, 1.807) is 0 Å². The molecule has 0 fully saturated rings. The Hall–Kier alpha value is -3.12. The molecule has 0 N–H and O–H groups in total. The first kappa shape index (κ1) is 18.9. The Labute approximate surface area is 187 Å². The maximum Gasteiger partial charge on any atom is 0.346 e. The van der Waals surface area contributed by atoms with Crippen LogP contribution in [0.3, 0.4) is 0 Å². The van der Waals surface area contributed by atoms with Gasteiger partial charge in [-0.1, -0.05) is 78.9 Å². The molecule has 0 radical (unpaired) electrons. The average molecular weight is 503 g/mol. The van der Waals surface area contributed by atoms with Gasteiger partial charge in [0.05, 0.1) is 14.7 Å². The highest BCUT2D eigenvalue weighted by molar-refractivity contribution is 14.1. The van der Waals surface area contributed by atoms with Crippen LogP contribution in [0.4, 0.5) is 0 Å². The molecule has 0 aliphatic heterocycles. The summed E-state index contributed by atoms with van der Waals surface area (Å²) in [5, 5.41) is 1.56. The molecule has 2 aromatic heterocycles. The minimum Gasteiger partial charge on any atom is -0.421 e. The monoisotopic (exact) mass is 503 g/mol. The van der Waals surface area contributed by atoms with E-state index in [4.69, 9.17) is 4.42 Å². The Morgan fingerprint density at radius 2 is 1.27 bits per heavy atom. The second-order valence-electron chi connectivity index (χ2n) is 7.12. The molecule has 3 nitrogen and oxygen atoms in total. The zero-order valence-electron chi connectivity index (χ0n) is 16.3. The molecule has 0 saturated carbocycles. The van der Waals surface area contributed by atoms with Gasteiger partial charge in [0.15, 0.2) is 5.76 Å². The van der Waals surface area contributed by atoms with E-state index in [-0.39, 0.29) is 5.63 Å². The molecule has 0 aliphatic carbocycles. The molecule has 4 heteroatoms. The fourth-order valence-electron chi connectivity index (χ4n) is 4.00. The average Bonchev–Trinajstić information content (AvgIpc) is 3.12. The van der Waals surface area contributed by atoms with Crippen molar-refractivity contribution < 1.29 is 4.42 Å². The van der Waals surface area contributed by atoms with Gasteiger partial charge in [-0.15, -0.1) is 0 Å². The van der Waals surface area contributed by atoms with Gasteiger partial charge in [0.25, 0.3) is 0 Å². The summed E-state index contributed by atoms with van der Waals surface area (Å²) in [5.41, 5.74) is 4.53. The summed E-state index contributed by atoms with van der Waals surface area (Å²) in [7, 11) is 0. The van der Waals surface area contributed by atoms with E-state index in [2.05, 4.69) is 51.4 Å². The number of para-hydroxylation sites is 1. The van der Waals surface area contributed by atoms with Crippen LogP contribution >= 0.6 is 22.6 Å². The van der Waals surface area contributed by atoms with Gasteiger partial charge < -0.3 is 8.98 Å². The highest BCUT2D eigenvalue weighted by Gasteiger charge is 2.25. The van der Waals surface area contributed by atoms with Crippen molar-refractivity contribution in [3.63, 3.8) is 0 Å². The predicted molar refractivity (Wildman–Crippen MR) is 130 cm³/mol. The lowest BCUT2D eigenvalue weighted by Gasteiger charge is -2.13. The van der Waals surface area contributed by atoms with Crippen LogP contribution in [0.1, 0.15) is 5.69 Å². The van der Waals surface area contributed by atoms with Gasteiger partial charge in [0, 0.05) is 22.3 Å². The van der Waals surface area contributed by atoms with E-state index >= 15 is 0 Å². The molecule has 0 saturated heterocycles. The Bertz CT molecular complexity index is 1400. The number of aromatic nitrogens is 1. The topological polar surface area (TPSA) is 35.1 Å². The van der Waals surface area contributed by atoms with E-state index in [1.165, 1.54) is 0 Å². The van der Waals surface area contributed by atoms with Gasteiger partial charge in [-0.3, -0.25) is 0 Å². The summed E-state index contributed by atoms with van der Waals surface area (Å²) in [6, 6.07) is 30.2. The largest absolute Gasteiger partial charge is 0.421 e. The first-order valence-corrected chi connectivity index (χ1v) is 10.8. The van der Waals surface area contributed by atoms with Gasteiger partial charge in [0.1, 0.15) is 0 Å². The molecule has 0 aliphatic rings. The number of benzene rings is 3. The van der Waals surface area contributed by atoms with Crippen molar-refractivity contribution in [2.24, 2.45) is 0 Å². The quantitative estimate of drug-likeness (QED) is 0.253. The lowest BCUT2D eigenvalue weighted by Crippen LogP contribution is -2.03. The second kappa shape index (κ2) is 7.61. The lowest BCUT2D eigenvalue weighted by atomic mass is 10.1. The van der Waals surface area contributed by atoms with Gasteiger partial charge in [-0.05, 0) is 47.2 Å². The maximum absolute atomic E-state index is 13.2. The van der Waals surface area contributed by atoms with Gasteiger partial charge in [0.2, 0.25) is 0 Å². The van der Waals surface area contributed by atoms with Crippen LogP contribution in [0.15, 0.2) is 100 Å². The highest BCUT2D eigenvalue weighted by atomic mass is 127. The summed E-state index contributed by atoms with van der Waals surface area (Å²) >= 11 is 2.31. The molecule has 146 valence electrons. The molecule has 30 heavy (non-hydrogen) atoms. The zero-order chi connectivity index (χ0) is 20.7. The van der Waals surface area contributed by atoms with Crippen molar-refractivity contribution in [3.05, 3.63) is 111 Å². The summed E-state index contributed by atoms with van der Waals surface area (Å²) in [6.07, 6.45) is 0. The van der Waals surface area contributed by atoms with Crippen LogP contribution in [-0.2, 0) is 0 Å². The number of aryl methyl sites for hydroxylation is 1. The van der Waals surface area contributed by atoms with Crippen molar-refractivity contribution in [1.82, 2.24) is 4.57 Å². The number of fused-ring (bicyclic) bond motifs is 1. The van der Waals surface area contributed by atoms with Gasteiger partial charge in [-0.2, -0.15) is 0 Å². The third kappa shape index (κ3) is 2.99. The lowest BCUT2D eigenvalue weighted by molar-refractivity contribution is 0.532. The zero-order valence-corrected chi connectivity index (χ0v) is 18.5. The Morgan fingerprint density at radius 1 is 0.733 bits per heavy atom. The molecule has 2 heterocycles. The molecule has 0 unspecified atom stereocenters. The minimum atomic E-state index is -0.311. The minimum absolute atomic E-state index is 0.311. The van der Waals surface area contributed by atoms with Crippen LogP contribution in [0, 0.1) is 10.5 Å². The predicted octanol–water partition coefficient (Wildman–Crippen LogP) is 6.83. The van der Waals surface area contributed by atoms with Crippen LogP contribution < -0.4 is 5.63 Å². The summed E-state index contributed by atoms with van der Waals surface area (Å²) in [6.45, 7) is 1.98. The summed E-state index contributed by atoms with van der Waals surface area (Å²) in [4.78, 5) is 13.2. The molecule has 0 atom stereocenters. The Morgan fingerprint density at radius 3 is 1.87 bits per heavy atom. The molecule has 3 aromatic carbocycles. The summed E-state index contributed by atoms with van der Waals surface area (Å²) < 4.78 is 8.95. The number of hydrogen-bond donors (Lipinski definition) is 0. The van der Waals surface area contributed by atoms with Gasteiger partial charge in [-0.25, -0.2) is 4.79 Å². The SMILES string of the molecule is Cc1c2c(=O)oc(-c3ccccc3)c(I)c2c(-c2ccccc2)n1-c1ccccc1. The fraction of sp³-hybridized carbons (Fsp3) is 0.0385. The van der Waals surface area contributed by atoms with Gasteiger partial charge >= 0.3 is 5.63 Å².